The van der Waals surface area contributed by atoms with E-state index in [2.05, 4.69) is 5.32 Å². The molecule has 1 aromatic rings. The maximum atomic E-state index is 13.2. The zero-order valence-corrected chi connectivity index (χ0v) is 9.18. The molecule has 1 rings (SSSR count). The molecule has 0 spiro atoms. The Labute approximate surface area is 95.6 Å². The van der Waals surface area contributed by atoms with Gasteiger partial charge in [0.1, 0.15) is 23.0 Å². The smallest absolute Gasteiger partial charge is 0.257 e. The zero-order chi connectivity index (χ0) is 13.2. The molecule has 0 aromatic heterocycles. The van der Waals surface area contributed by atoms with Crippen LogP contribution in [0.4, 0.5) is 13.2 Å². The summed E-state index contributed by atoms with van der Waals surface area (Å²) in [6.45, 7) is 2.60. The zero-order valence-electron chi connectivity index (χ0n) is 9.18. The van der Waals surface area contributed by atoms with Crippen LogP contribution in [-0.2, 0) is 4.79 Å². The highest BCUT2D eigenvalue weighted by Crippen LogP contribution is 2.14. The lowest BCUT2D eigenvalue weighted by molar-refractivity contribution is -0.118. The van der Waals surface area contributed by atoms with Crippen molar-refractivity contribution in [3.8, 4) is 0 Å². The van der Waals surface area contributed by atoms with Crippen molar-refractivity contribution in [1.29, 1.82) is 0 Å². The van der Waals surface area contributed by atoms with Crippen molar-refractivity contribution in [2.45, 2.75) is 19.9 Å². The molecule has 92 valence electrons. The van der Waals surface area contributed by atoms with Crippen LogP contribution in [0, 0.1) is 17.5 Å². The molecule has 17 heavy (non-hydrogen) atoms. The highest BCUT2D eigenvalue weighted by atomic mass is 19.1. The van der Waals surface area contributed by atoms with Crippen LogP contribution < -0.4 is 5.32 Å². The largest absolute Gasteiger partial charge is 0.342 e. The van der Waals surface area contributed by atoms with Gasteiger partial charge in [0.2, 0.25) is 0 Å². The minimum absolute atomic E-state index is 0.360. The van der Waals surface area contributed by atoms with Crippen LogP contribution in [0.3, 0.4) is 0 Å². The third-order valence-corrected chi connectivity index (χ3v) is 2.19. The van der Waals surface area contributed by atoms with Gasteiger partial charge in [-0.05, 0) is 13.8 Å². The number of Topliss-reactive ketones (excluding diaryl/α,β-unsaturated/α-hetero) is 1. The van der Waals surface area contributed by atoms with Crippen molar-refractivity contribution in [3.63, 3.8) is 0 Å². The molecule has 1 atom stereocenters. The van der Waals surface area contributed by atoms with Crippen molar-refractivity contribution in [2.24, 2.45) is 0 Å². The normalized spacial score (nSPS) is 12.1. The Kier molecular flexibility index (Phi) is 3.88. The molecule has 0 aliphatic carbocycles. The molecule has 0 fully saturated rings. The van der Waals surface area contributed by atoms with Gasteiger partial charge in [-0.15, -0.1) is 0 Å². The third kappa shape index (κ3) is 3.05. The molecular weight excluding hydrogens is 235 g/mol. The van der Waals surface area contributed by atoms with Gasteiger partial charge in [0.15, 0.2) is 5.78 Å². The lowest BCUT2D eigenvalue weighted by Crippen LogP contribution is -2.38. The first-order valence-electron chi connectivity index (χ1n) is 4.78. The maximum absolute atomic E-state index is 13.2. The first-order chi connectivity index (χ1) is 7.82. The molecule has 0 saturated heterocycles. The fourth-order valence-electron chi connectivity index (χ4n) is 1.13. The molecular formula is C11H10F3NO2. The Hall–Kier alpha value is -1.85. The van der Waals surface area contributed by atoms with Gasteiger partial charge in [-0.1, -0.05) is 0 Å². The van der Waals surface area contributed by atoms with E-state index >= 15 is 0 Å². The van der Waals surface area contributed by atoms with Crippen molar-refractivity contribution >= 4 is 11.7 Å². The van der Waals surface area contributed by atoms with Gasteiger partial charge < -0.3 is 5.32 Å². The Morgan fingerprint density at radius 2 is 1.65 bits per heavy atom. The second-order valence-corrected chi connectivity index (χ2v) is 3.55. The number of ketones is 1. The van der Waals surface area contributed by atoms with E-state index in [1.165, 1.54) is 13.8 Å². The van der Waals surface area contributed by atoms with E-state index in [1.807, 2.05) is 0 Å². The molecule has 1 aromatic carbocycles. The average molecular weight is 245 g/mol. The summed E-state index contributed by atoms with van der Waals surface area (Å²) in [5.74, 6) is -5.19. The summed E-state index contributed by atoms with van der Waals surface area (Å²) in [5.41, 5.74) is -0.903. The Morgan fingerprint density at radius 3 is 2.06 bits per heavy atom. The molecule has 6 heteroatoms. The molecule has 3 nitrogen and oxygen atoms in total. The first-order valence-corrected chi connectivity index (χ1v) is 4.78. The van der Waals surface area contributed by atoms with Gasteiger partial charge in [-0.25, -0.2) is 13.2 Å². The number of carbonyl (C=O) groups excluding carboxylic acids is 2. The van der Waals surface area contributed by atoms with Crippen molar-refractivity contribution in [3.05, 3.63) is 35.1 Å². The number of hydrogen-bond acceptors (Lipinski definition) is 2. The first kappa shape index (κ1) is 13.2. The summed E-state index contributed by atoms with van der Waals surface area (Å²) in [7, 11) is 0. The van der Waals surface area contributed by atoms with E-state index in [0.29, 0.717) is 12.1 Å². The highest BCUT2D eigenvalue weighted by molar-refractivity contribution is 5.97. The van der Waals surface area contributed by atoms with Gasteiger partial charge >= 0.3 is 0 Å². The number of halogens is 3. The van der Waals surface area contributed by atoms with Gasteiger partial charge in [-0.2, -0.15) is 0 Å². The van der Waals surface area contributed by atoms with Crippen LogP contribution in [0.5, 0.6) is 0 Å². The molecule has 0 aliphatic heterocycles. The van der Waals surface area contributed by atoms with E-state index < -0.39 is 35.0 Å². The number of hydrogen-bond donors (Lipinski definition) is 1. The fourth-order valence-corrected chi connectivity index (χ4v) is 1.13. The Balaban J connectivity index is 3.01. The van der Waals surface area contributed by atoms with E-state index in [0.717, 1.165) is 0 Å². The molecule has 0 radical (unpaired) electrons. The molecule has 1 amide bonds. The third-order valence-electron chi connectivity index (χ3n) is 2.19. The monoisotopic (exact) mass is 245 g/mol. The van der Waals surface area contributed by atoms with Gasteiger partial charge in [0.25, 0.3) is 5.91 Å². The second kappa shape index (κ2) is 4.99. The van der Waals surface area contributed by atoms with Crippen molar-refractivity contribution in [2.75, 3.05) is 0 Å². The van der Waals surface area contributed by atoms with Gasteiger partial charge in [0, 0.05) is 12.1 Å². The highest BCUT2D eigenvalue weighted by Gasteiger charge is 2.21. The predicted molar refractivity (Wildman–Crippen MR) is 53.9 cm³/mol. The number of nitrogens with one attached hydrogen (secondary N) is 1. The molecule has 0 saturated carbocycles. The SMILES string of the molecule is CC(=O)C(C)NC(=O)c1c(F)cc(F)cc1F. The quantitative estimate of drug-likeness (QED) is 0.882. The standard InChI is InChI=1S/C11H10F3NO2/c1-5(6(2)16)15-11(17)10-8(13)3-7(12)4-9(10)14/h3-5H,1-2H3,(H,15,17). The summed E-state index contributed by atoms with van der Waals surface area (Å²) >= 11 is 0. The molecule has 0 heterocycles. The van der Waals surface area contributed by atoms with Crippen LogP contribution in [0.2, 0.25) is 0 Å². The number of benzene rings is 1. The summed E-state index contributed by atoms with van der Waals surface area (Å²) in [6, 6.07) is -0.0707. The van der Waals surface area contributed by atoms with Gasteiger partial charge in [0.05, 0.1) is 6.04 Å². The Bertz CT molecular complexity index is 451. The molecule has 1 N–H and O–H groups in total. The number of carbonyl (C=O) groups is 2. The topological polar surface area (TPSA) is 46.2 Å². The lowest BCUT2D eigenvalue weighted by Gasteiger charge is -2.11. The van der Waals surface area contributed by atoms with Crippen LogP contribution in [0.15, 0.2) is 12.1 Å². The van der Waals surface area contributed by atoms with Gasteiger partial charge in [-0.3, -0.25) is 9.59 Å². The van der Waals surface area contributed by atoms with Crippen LogP contribution >= 0.6 is 0 Å². The van der Waals surface area contributed by atoms with E-state index in [9.17, 15) is 22.8 Å². The van der Waals surface area contributed by atoms with Crippen molar-refractivity contribution in [1.82, 2.24) is 5.32 Å². The van der Waals surface area contributed by atoms with E-state index in [4.69, 9.17) is 0 Å². The molecule has 0 aliphatic rings. The van der Waals surface area contributed by atoms with Crippen LogP contribution in [-0.4, -0.2) is 17.7 Å². The summed E-state index contributed by atoms with van der Waals surface area (Å²) in [4.78, 5) is 22.3. The summed E-state index contributed by atoms with van der Waals surface area (Å²) in [5, 5.41) is 2.11. The number of amides is 1. The van der Waals surface area contributed by atoms with E-state index in [-0.39, 0.29) is 5.78 Å². The van der Waals surface area contributed by atoms with Crippen molar-refractivity contribution < 1.29 is 22.8 Å². The number of rotatable bonds is 3. The van der Waals surface area contributed by atoms with E-state index in [1.54, 1.807) is 0 Å². The maximum Gasteiger partial charge on any atom is 0.257 e. The molecule has 0 bridgehead atoms. The Morgan fingerprint density at radius 1 is 1.18 bits per heavy atom. The fraction of sp³-hybridized carbons (Fsp3) is 0.273. The van der Waals surface area contributed by atoms with Crippen LogP contribution in [0.1, 0.15) is 24.2 Å². The minimum Gasteiger partial charge on any atom is -0.342 e. The predicted octanol–water partition coefficient (Wildman–Crippen LogP) is 1.81. The molecule has 1 unspecified atom stereocenters. The van der Waals surface area contributed by atoms with Crippen LogP contribution in [0.25, 0.3) is 0 Å². The lowest BCUT2D eigenvalue weighted by atomic mass is 10.1. The summed E-state index contributed by atoms with van der Waals surface area (Å²) < 4.78 is 39.0. The summed E-state index contributed by atoms with van der Waals surface area (Å²) in [6.07, 6.45) is 0. The second-order valence-electron chi connectivity index (χ2n) is 3.55. The minimum atomic E-state index is -1.31. The average Bonchev–Trinajstić information content (AvgIpc) is 2.15.